The predicted molar refractivity (Wildman–Crippen MR) is 133 cm³/mol. The number of nitrogens with one attached hydrogen (secondary N) is 2. The zero-order valence-electron chi connectivity index (χ0n) is 18.5. The fraction of sp³-hybridized carbons (Fsp3) is 0.192. The van der Waals surface area contributed by atoms with Gasteiger partial charge in [-0.25, -0.2) is 9.59 Å². The Morgan fingerprint density at radius 3 is 2.23 bits per heavy atom. The summed E-state index contributed by atoms with van der Waals surface area (Å²) < 4.78 is 5.80. The number of carbonyl (C=O) groups excluding carboxylic acids is 2. The second-order valence-electron chi connectivity index (χ2n) is 8.11. The number of carbonyl (C=O) groups is 3. The summed E-state index contributed by atoms with van der Waals surface area (Å²) in [6.07, 6.45) is -2.13. The first kappa shape index (κ1) is 24.4. The van der Waals surface area contributed by atoms with Gasteiger partial charge in [0.25, 0.3) is 0 Å². The minimum atomic E-state index is -1.15. The minimum absolute atomic E-state index is 0.000250. The largest absolute Gasteiger partial charge is 0.478 e. The molecule has 0 saturated heterocycles. The number of alkyl carbamates (subject to hydrolysis) is 1. The van der Waals surface area contributed by atoms with Crippen LogP contribution in [0.25, 0.3) is 11.1 Å². The fourth-order valence-corrected chi connectivity index (χ4v) is 4.53. The number of aliphatic hydroxyl groups is 1. The molecule has 0 heterocycles. The average Bonchev–Trinajstić information content (AvgIpc) is 3.16. The molecule has 0 bridgehead atoms. The third kappa shape index (κ3) is 5.70. The van der Waals surface area contributed by atoms with E-state index in [0.29, 0.717) is 4.47 Å². The van der Waals surface area contributed by atoms with Crippen molar-refractivity contribution in [1.29, 1.82) is 0 Å². The van der Waals surface area contributed by atoms with Gasteiger partial charge < -0.3 is 25.6 Å². The number of anilines is 1. The molecule has 0 fully saturated rings. The summed E-state index contributed by atoms with van der Waals surface area (Å²) in [6, 6.07) is 20.4. The van der Waals surface area contributed by atoms with Crippen LogP contribution < -0.4 is 10.6 Å². The van der Waals surface area contributed by atoms with Crippen molar-refractivity contribution >= 4 is 39.6 Å². The Balaban J connectivity index is 1.25. The van der Waals surface area contributed by atoms with Gasteiger partial charge in [-0.15, -0.1) is 0 Å². The number of amides is 2. The molecule has 8 nitrogen and oxygen atoms in total. The van der Waals surface area contributed by atoms with Crippen LogP contribution in [0.15, 0.2) is 71.2 Å². The van der Waals surface area contributed by atoms with Crippen LogP contribution in [-0.2, 0) is 9.53 Å². The van der Waals surface area contributed by atoms with E-state index in [0.717, 1.165) is 22.3 Å². The van der Waals surface area contributed by atoms with E-state index in [-0.39, 0.29) is 36.7 Å². The van der Waals surface area contributed by atoms with Crippen molar-refractivity contribution in [3.63, 3.8) is 0 Å². The second kappa shape index (κ2) is 10.7. The highest BCUT2D eigenvalue weighted by molar-refractivity contribution is 9.10. The number of carboxylic acids is 1. The minimum Gasteiger partial charge on any atom is -0.478 e. The lowest BCUT2D eigenvalue weighted by Gasteiger charge is -2.16. The van der Waals surface area contributed by atoms with Crippen molar-refractivity contribution in [1.82, 2.24) is 5.32 Å². The first-order valence-electron chi connectivity index (χ1n) is 10.9. The number of aliphatic hydroxyl groups excluding tert-OH is 1. The summed E-state index contributed by atoms with van der Waals surface area (Å²) >= 11 is 3.14. The molecule has 3 aromatic carbocycles. The Hall–Kier alpha value is -3.69. The standard InChI is InChI=1S/C26H23BrN2O6/c27-23-10-9-15(11-21(23)25(32)33)29-24(31)12-16(30)13-28-26(34)35-14-22-19-7-3-1-5-17(19)18-6-2-4-8-20(18)22/h1-11,16,22,30H,12-14H2,(H,28,34)(H,29,31)(H,32,33). The van der Waals surface area contributed by atoms with Crippen LogP contribution in [0.5, 0.6) is 0 Å². The van der Waals surface area contributed by atoms with Crippen molar-refractivity contribution in [3.8, 4) is 11.1 Å². The molecule has 1 aliphatic rings. The van der Waals surface area contributed by atoms with Crippen LogP contribution in [0.3, 0.4) is 0 Å². The lowest BCUT2D eigenvalue weighted by atomic mass is 9.98. The average molecular weight is 539 g/mol. The van der Waals surface area contributed by atoms with Crippen LogP contribution in [-0.4, -0.2) is 47.4 Å². The Kier molecular flexibility index (Phi) is 7.48. The van der Waals surface area contributed by atoms with Gasteiger partial charge in [-0.05, 0) is 56.4 Å². The third-order valence-electron chi connectivity index (χ3n) is 5.73. The molecule has 0 aromatic heterocycles. The topological polar surface area (TPSA) is 125 Å². The number of aromatic carboxylic acids is 1. The molecular formula is C26H23BrN2O6. The van der Waals surface area contributed by atoms with Crippen LogP contribution >= 0.6 is 15.9 Å². The fourth-order valence-electron chi connectivity index (χ4n) is 4.12. The molecular weight excluding hydrogens is 516 g/mol. The van der Waals surface area contributed by atoms with Crippen molar-refractivity contribution in [2.24, 2.45) is 0 Å². The van der Waals surface area contributed by atoms with Gasteiger partial charge in [0.15, 0.2) is 0 Å². The summed E-state index contributed by atoms with van der Waals surface area (Å²) in [4.78, 5) is 35.6. The zero-order chi connectivity index (χ0) is 24.9. The Morgan fingerprint density at radius 1 is 0.971 bits per heavy atom. The Morgan fingerprint density at radius 2 is 1.60 bits per heavy atom. The number of benzene rings is 3. The molecule has 1 aliphatic carbocycles. The monoisotopic (exact) mass is 538 g/mol. The number of carboxylic acid groups (broad SMARTS) is 1. The SMILES string of the molecule is O=C(CC(O)CNC(=O)OCC1c2ccccc2-c2ccccc21)Nc1ccc(Br)c(C(=O)O)c1. The van der Waals surface area contributed by atoms with Gasteiger partial charge in [0.05, 0.1) is 18.1 Å². The maximum absolute atomic E-state index is 12.2. The highest BCUT2D eigenvalue weighted by atomic mass is 79.9. The summed E-state index contributed by atoms with van der Waals surface area (Å²) in [5.74, 6) is -1.74. The number of rotatable bonds is 8. The molecule has 35 heavy (non-hydrogen) atoms. The first-order valence-corrected chi connectivity index (χ1v) is 11.7. The molecule has 180 valence electrons. The molecule has 9 heteroatoms. The number of fused-ring (bicyclic) bond motifs is 3. The number of ether oxygens (including phenoxy) is 1. The van der Waals surface area contributed by atoms with Gasteiger partial charge in [0, 0.05) is 22.6 Å². The van der Waals surface area contributed by atoms with E-state index in [4.69, 9.17) is 9.84 Å². The molecule has 2 amide bonds. The van der Waals surface area contributed by atoms with E-state index < -0.39 is 24.1 Å². The van der Waals surface area contributed by atoms with Crippen molar-refractivity contribution in [2.75, 3.05) is 18.5 Å². The van der Waals surface area contributed by atoms with Crippen molar-refractivity contribution < 1.29 is 29.3 Å². The molecule has 0 spiro atoms. The first-order chi connectivity index (χ1) is 16.8. The quantitative estimate of drug-likeness (QED) is 0.337. The molecule has 3 aromatic rings. The van der Waals surface area contributed by atoms with Crippen molar-refractivity contribution in [3.05, 3.63) is 87.9 Å². The van der Waals surface area contributed by atoms with E-state index >= 15 is 0 Å². The normalized spacial score (nSPS) is 12.9. The smallest absolute Gasteiger partial charge is 0.407 e. The zero-order valence-corrected chi connectivity index (χ0v) is 20.1. The van der Waals surface area contributed by atoms with E-state index in [1.807, 2.05) is 48.5 Å². The molecule has 1 atom stereocenters. The maximum Gasteiger partial charge on any atom is 0.407 e. The lowest BCUT2D eigenvalue weighted by molar-refractivity contribution is -0.118. The number of halogens is 1. The van der Waals surface area contributed by atoms with Crippen LogP contribution in [0.2, 0.25) is 0 Å². The van der Waals surface area contributed by atoms with Gasteiger partial charge >= 0.3 is 12.1 Å². The summed E-state index contributed by atoms with van der Waals surface area (Å²) in [7, 11) is 0. The van der Waals surface area contributed by atoms with Gasteiger partial charge in [-0.2, -0.15) is 0 Å². The molecule has 0 radical (unpaired) electrons. The lowest BCUT2D eigenvalue weighted by Crippen LogP contribution is -2.35. The highest BCUT2D eigenvalue weighted by Gasteiger charge is 2.29. The third-order valence-corrected chi connectivity index (χ3v) is 6.42. The number of hydrogen-bond donors (Lipinski definition) is 4. The van der Waals surface area contributed by atoms with Gasteiger partial charge in [0.1, 0.15) is 6.61 Å². The molecule has 4 N–H and O–H groups in total. The number of hydrogen-bond acceptors (Lipinski definition) is 5. The van der Waals surface area contributed by atoms with E-state index in [1.54, 1.807) is 0 Å². The summed E-state index contributed by atoms with van der Waals surface area (Å²) in [5, 5.41) is 24.3. The molecule has 4 rings (SSSR count). The Bertz CT molecular complexity index is 1230. The second-order valence-corrected chi connectivity index (χ2v) is 8.97. The summed E-state index contributed by atoms with van der Waals surface area (Å²) in [6.45, 7) is -0.0310. The van der Waals surface area contributed by atoms with Crippen LogP contribution in [0.1, 0.15) is 33.8 Å². The highest BCUT2D eigenvalue weighted by Crippen LogP contribution is 2.44. The molecule has 0 saturated carbocycles. The van der Waals surface area contributed by atoms with Gasteiger partial charge in [-0.3, -0.25) is 4.79 Å². The predicted octanol–water partition coefficient (Wildman–Crippen LogP) is 4.38. The van der Waals surface area contributed by atoms with Gasteiger partial charge in [0.2, 0.25) is 5.91 Å². The van der Waals surface area contributed by atoms with Crippen LogP contribution in [0.4, 0.5) is 10.5 Å². The maximum atomic E-state index is 12.2. The molecule has 0 aliphatic heterocycles. The van der Waals surface area contributed by atoms with Crippen LogP contribution in [0, 0.1) is 0 Å². The summed E-state index contributed by atoms with van der Waals surface area (Å²) in [5.41, 5.74) is 4.72. The molecule has 1 unspecified atom stereocenters. The Labute approximate surface area is 210 Å². The van der Waals surface area contributed by atoms with E-state index in [9.17, 15) is 19.5 Å². The van der Waals surface area contributed by atoms with Crippen molar-refractivity contribution in [2.45, 2.75) is 18.4 Å². The van der Waals surface area contributed by atoms with Gasteiger partial charge in [-0.1, -0.05) is 48.5 Å². The van der Waals surface area contributed by atoms with E-state index in [1.165, 1.54) is 18.2 Å². The van der Waals surface area contributed by atoms with E-state index in [2.05, 4.69) is 26.6 Å².